The van der Waals surface area contributed by atoms with Gasteiger partial charge in [-0.25, -0.2) is 0 Å². The highest BCUT2D eigenvalue weighted by molar-refractivity contribution is 6.30. The molecule has 0 saturated heterocycles. The van der Waals surface area contributed by atoms with Crippen molar-refractivity contribution in [2.75, 3.05) is 13.2 Å². The van der Waals surface area contributed by atoms with Crippen molar-refractivity contribution in [2.45, 2.75) is 25.4 Å². The second-order valence-electron chi connectivity index (χ2n) is 6.33. The lowest BCUT2D eigenvalue weighted by atomic mass is 9.91. The van der Waals surface area contributed by atoms with Gasteiger partial charge in [-0.15, -0.1) is 0 Å². The van der Waals surface area contributed by atoms with Gasteiger partial charge in [-0.1, -0.05) is 23.7 Å². The molecule has 24 heavy (non-hydrogen) atoms. The largest absolute Gasteiger partial charge is 0.487 e. The van der Waals surface area contributed by atoms with Crippen LogP contribution in [0.25, 0.3) is 0 Å². The summed E-state index contributed by atoms with van der Waals surface area (Å²) >= 11 is 5.93. The topological polar surface area (TPSA) is 58.6 Å². The monoisotopic (exact) mass is 345 g/mol. The van der Waals surface area contributed by atoms with E-state index in [0.29, 0.717) is 5.56 Å². The average Bonchev–Trinajstić information content (AvgIpc) is 2.89. The Hall–Kier alpha value is -2.04. The van der Waals surface area contributed by atoms with Gasteiger partial charge in [0.05, 0.1) is 6.61 Å². The summed E-state index contributed by atoms with van der Waals surface area (Å²) in [5.41, 5.74) is 2.44. The number of nitrogens with one attached hydrogen (secondary N) is 1. The van der Waals surface area contributed by atoms with Crippen LogP contribution in [0, 0.1) is 0 Å². The molecule has 3 rings (SSSR count). The highest BCUT2D eigenvalue weighted by Gasteiger charge is 2.35. The van der Waals surface area contributed by atoms with Crippen molar-refractivity contribution in [3.8, 4) is 5.75 Å². The Balaban J connectivity index is 1.73. The Morgan fingerprint density at radius 2 is 2.04 bits per heavy atom. The molecule has 1 atom stereocenters. The zero-order valence-electron chi connectivity index (χ0n) is 13.5. The summed E-state index contributed by atoms with van der Waals surface area (Å²) < 4.78 is 6.14. The Morgan fingerprint density at radius 3 is 2.75 bits per heavy atom. The minimum Gasteiger partial charge on any atom is -0.487 e. The summed E-state index contributed by atoms with van der Waals surface area (Å²) in [4.78, 5) is 12.0. The number of amides is 1. The lowest BCUT2D eigenvalue weighted by molar-refractivity contribution is 0.0944. The molecule has 2 N–H and O–H groups in total. The van der Waals surface area contributed by atoms with Crippen LogP contribution in [0.2, 0.25) is 5.02 Å². The van der Waals surface area contributed by atoms with Crippen LogP contribution in [0.5, 0.6) is 5.75 Å². The summed E-state index contributed by atoms with van der Waals surface area (Å²) in [6.45, 7) is 2.26. The van der Waals surface area contributed by atoms with E-state index in [9.17, 15) is 4.79 Å². The molecule has 1 aliphatic heterocycles. The number of aliphatic hydroxyl groups excluding tert-OH is 1. The van der Waals surface area contributed by atoms with Crippen molar-refractivity contribution in [1.82, 2.24) is 5.32 Å². The molecule has 0 unspecified atom stereocenters. The second kappa shape index (κ2) is 6.83. The number of rotatable bonds is 5. The van der Waals surface area contributed by atoms with Crippen LogP contribution in [0.15, 0.2) is 42.5 Å². The first kappa shape index (κ1) is 16.8. The lowest BCUT2D eigenvalue weighted by Gasteiger charge is -2.24. The van der Waals surface area contributed by atoms with Crippen molar-refractivity contribution in [3.63, 3.8) is 0 Å². The Morgan fingerprint density at radius 1 is 1.29 bits per heavy atom. The molecule has 0 fully saturated rings. The van der Waals surface area contributed by atoms with Crippen LogP contribution >= 0.6 is 11.6 Å². The molecule has 1 heterocycles. The highest BCUT2D eigenvalue weighted by atomic mass is 35.5. The lowest BCUT2D eigenvalue weighted by Crippen LogP contribution is -2.32. The van der Waals surface area contributed by atoms with Gasteiger partial charge in [0.25, 0.3) is 5.91 Å². The van der Waals surface area contributed by atoms with E-state index in [4.69, 9.17) is 21.4 Å². The predicted molar refractivity (Wildman–Crippen MR) is 93.8 cm³/mol. The van der Waals surface area contributed by atoms with E-state index in [1.54, 1.807) is 6.07 Å². The number of ether oxygens (including phenoxy) is 1. The fourth-order valence-corrected chi connectivity index (χ4v) is 3.19. The van der Waals surface area contributed by atoms with Crippen LogP contribution in [0.1, 0.15) is 28.4 Å². The van der Waals surface area contributed by atoms with Crippen molar-refractivity contribution < 1.29 is 14.6 Å². The van der Waals surface area contributed by atoms with Gasteiger partial charge in [0.2, 0.25) is 0 Å². The molecule has 0 bridgehead atoms. The fraction of sp³-hybridized carbons (Fsp3) is 0.316. The molecule has 0 saturated carbocycles. The maximum absolute atomic E-state index is 12.0. The molecule has 0 aliphatic carbocycles. The zero-order chi connectivity index (χ0) is 17.2. The normalized spacial score (nSPS) is 18.8. The van der Waals surface area contributed by atoms with Gasteiger partial charge < -0.3 is 15.2 Å². The Labute approximate surface area is 146 Å². The van der Waals surface area contributed by atoms with Crippen LogP contribution in [0.4, 0.5) is 0 Å². The number of hydrogen-bond acceptors (Lipinski definition) is 3. The molecular formula is C19H20ClNO3. The van der Waals surface area contributed by atoms with Gasteiger partial charge in [-0.3, -0.25) is 4.79 Å². The van der Waals surface area contributed by atoms with E-state index < -0.39 is 0 Å². The van der Waals surface area contributed by atoms with E-state index in [2.05, 4.69) is 12.2 Å². The molecule has 1 amide bonds. The summed E-state index contributed by atoms with van der Waals surface area (Å²) in [6.07, 6.45) is 1.51. The van der Waals surface area contributed by atoms with E-state index in [1.165, 1.54) is 0 Å². The molecule has 0 spiro atoms. The Kier molecular flexibility index (Phi) is 4.78. The van der Waals surface area contributed by atoms with E-state index >= 15 is 0 Å². The first-order chi connectivity index (χ1) is 11.5. The molecule has 126 valence electrons. The number of fused-ring (bicyclic) bond motifs is 1. The van der Waals surface area contributed by atoms with Crippen LogP contribution in [-0.4, -0.2) is 29.8 Å². The summed E-state index contributed by atoms with van der Waals surface area (Å²) in [5.74, 6) is 0.642. The SMILES string of the molecule is C[C@]1(Cc2ccc(Cl)cc2)Cc2cc(C(=O)NCCO)ccc2O1. The number of halogens is 1. The maximum atomic E-state index is 12.0. The number of carbonyl (C=O) groups is 1. The summed E-state index contributed by atoms with van der Waals surface area (Å²) in [7, 11) is 0. The van der Waals surface area contributed by atoms with Gasteiger partial charge in [0.15, 0.2) is 0 Å². The zero-order valence-corrected chi connectivity index (χ0v) is 14.3. The minimum absolute atomic E-state index is 0.0705. The molecule has 5 heteroatoms. The van der Waals surface area contributed by atoms with Gasteiger partial charge in [0.1, 0.15) is 11.4 Å². The molecule has 2 aromatic rings. The minimum atomic E-state index is -0.337. The standard InChI is InChI=1S/C19H20ClNO3/c1-19(11-13-2-5-16(20)6-3-13)12-15-10-14(4-7-17(15)24-19)18(23)21-8-9-22/h2-7,10,22H,8-9,11-12H2,1H3,(H,21,23)/t19-/m0/s1. The average molecular weight is 346 g/mol. The summed E-state index contributed by atoms with van der Waals surface area (Å²) in [6, 6.07) is 13.2. The van der Waals surface area contributed by atoms with Crippen LogP contribution < -0.4 is 10.1 Å². The fourth-order valence-electron chi connectivity index (χ4n) is 3.07. The highest BCUT2D eigenvalue weighted by Crippen LogP contribution is 2.37. The van der Waals surface area contributed by atoms with E-state index in [1.807, 2.05) is 36.4 Å². The number of benzene rings is 2. The predicted octanol–water partition coefficient (Wildman–Crippen LogP) is 3.00. The second-order valence-corrected chi connectivity index (χ2v) is 6.77. The molecule has 1 aliphatic rings. The van der Waals surface area contributed by atoms with E-state index in [-0.39, 0.29) is 24.7 Å². The first-order valence-electron chi connectivity index (χ1n) is 7.94. The number of aliphatic hydroxyl groups is 1. The number of hydrogen-bond donors (Lipinski definition) is 2. The maximum Gasteiger partial charge on any atom is 0.251 e. The van der Waals surface area contributed by atoms with Gasteiger partial charge >= 0.3 is 0 Å². The van der Waals surface area contributed by atoms with Gasteiger partial charge in [-0.05, 0) is 48.4 Å². The Bertz CT molecular complexity index is 745. The third-order valence-electron chi connectivity index (χ3n) is 4.13. The van der Waals surface area contributed by atoms with Crippen LogP contribution in [-0.2, 0) is 12.8 Å². The molecule has 2 aromatic carbocycles. The first-order valence-corrected chi connectivity index (χ1v) is 8.32. The van der Waals surface area contributed by atoms with Crippen molar-refractivity contribution in [2.24, 2.45) is 0 Å². The molecule has 4 nitrogen and oxygen atoms in total. The smallest absolute Gasteiger partial charge is 0.251 e. The number of carbonyl (C=O) groups excluding carboxylic acids is 1. The quantitative estimate of drug-likeness (QED) is 0.875. The molecule has 0 aromatic heterocycles. The molecule has 0 radical (unpaired) electrons. The van der Waals surface area contributed by atoms with Gasteiger partial charge in [0, 0.05) is 30.0 Å². The van der Waals surface area contributed by atoms with Crippen molar-refractivity contribution in [1.29, 1.82) is 0 Å². The van der Waals surface area contributed by atoms with Crippen LogP contribution in [0.3, 0.4) is 0 Å². The van der Waals surface area contributed by atoms with Crippen molar-refractivity contribution >= 4 is 17.5 Å². The molecular weight excluding hydrogens is 326 g/mol. The summed E-state index contributed by atoms with van der Waals surface area (Å²) in [5, 5.41) is 12.2. The third-order valence-corrected chi connectivity index (χ3v) is 4.38. The van der Waals surface area contributed by atoms with E-state index in [0.717, 1.165) is 34.7 Å². The van der Waals surface area contributed by atoms with Crippen molar-refractivity contribution in [3.05, 3.63) is 64.2 Å². The van der Waals surface area contributed by atoms with Gasteiger partial charge in [-0.2, -0.15) is 0 Å². The third kappa shape index (κ3) is 3.71.